The Bertz CT molecular complexity index is 401. The van der Waals surface area contributed by atoms with Crippen LogP contribution >= 0.6 is 15.9 Å². The van der Waals surface area contributed by atoms with Crippen LogP contribution in [0.1, 0.15) is 24.2 Å². The Hall–Kier alpha value is -0.940. The molecule has 0 radical (unpaired) electrons. The highest BCUT2D eigenvalue weighted by molar-refractivity contribution is 9.10. The quantitative estimate of drug-likeness (QED) is 0.895. The molecule has 1 rings (SSSR count). The SMILES string of the molecule is CC(C)(O)CNC(=O)c1ccc(Br)cc1F. The molecule has 0 bridgehead atoms. The van der Waals surface area contributed by atoms with Gasteiger partial charge < -0.3 is 10.4 Å². The summed E-state index contributed by atoms with van der Waals surface area (Å²) in [7, 11) is 0. The molecule has 16 heavy (non-hydrogen) atoms. The summed E-state index contributed by atoms with van der Waals surface area (Å²) < 4.78 is 13.9. The van der Waals surface area contributed by atoms with E-state index in [0.29, 0.717) is 4.47 Å². The van der Waals surface area contributed by atoms with Crippen molar-refractivity contribution in [3.63, 3.8) is 0 Å². The molecule has 0 aliphatic heterocycles. The fraction of sp³-hybridized carbons (Fsp3) is 0.364. The molecule has 0 aromatic heterocycles. The van der Waals surface area contributed by atoms with Gasteiger partial charge in [0.05, 0.1) is 11.2 Å². The lowest BCUT2D eigenvalue weighted by molar-refractivity contribution is 0.0692. The van der Waals surface area contributed by atoms with Crippen LogP contribution in [-0.2, 0) is 0 Å². The molecule has 0 aliphatic carbocycles. The second-order valence-electron chi connectivity index (χ2n) is 4.12. The lowest BCUT2D eigenvalue weighted by Crippen LogP contribution is -2.38. The lowest BCUT2D eigenvalue weighted by Gasteiger charge is -2.17. The molecule has 1 amide bonds. The Morgan fingerprint density at radius 2 is 2.19 bits per heavy atom. The highest BCUT2D eigenvalue weighted by Crippen LogP contribution is 2.15. The number of halogens is 2. The molecule has 5 heteroatoms. The minimum Gasteiger partial charge on any atom is -0.389 e. The maximum absolute atomic E-state index is 13.4. The van der Waals surface area contributed by atoms with E-state index < -0.39 is 17.3 Å². The lowest BCUT2D eigenvalue weighted by atomic mass is 10.1. The number of carbonyl (C=O) groups is 1. The van der Waals surface area contributed by atoms with Gasteiger partial charge in [0, 0.05) is 11.0 Å². The van der Waals surface area contributed by atoms with E-state index in [9.17, 15) is 14.3 Å². The van der Waals surface area contributed by atoms with Crippen LogP contribution in [0.25, 0.3) is 0 Å². The standard InChI is InChI=1S/C11H13BrFNO2/c1-11(2,16)6-14-10(15)8-4-3-7(12)5-9(8)13/h3-5,16H,6H2,1-2H3,(H,14,15). The van der Waals surface area contributed by atoms with Gasteiger partial charge in [0.15, 0.2) is 0 Å². The van der Waals surface area contributed by atoms with Crippen molar-refractivity contribution < 1.29 is 14.3 Å². The molecule has 2 N–H and O–H groups in total. The van der Waals surface area contributed by atoms with Crippen LogP contribution < -0.4 is 5.32 Å². The zero-order chi connectivity index (χ0) is 12.3. The first-order chi connectivity index (χ1) is 7.29. The largest absolute Gasteiger partial charge is 0.389 e. The molecule has 3 nitrogen and oxygen atoms in total. The molecule has 0 aliphatic rings. The number of hydrogen-bond donors (Lipinski definition) is 2. The van der Waals surface area contributed by atoms with Gasteiger partial charge in [0.25, 0.3) is 5.91 Å². The predicted molar refractivity (Wildman–Crippen MR) is 62.7 cm³/mol. The van der Waals surface area contributed by atoms with E-state index in [1.165, 1.54) is 12.1 Å². The number of benzene rings is 1. The zero-order valence-corrected chi connectivity index (χ0v) is 10.6. The summed E-state index contributed by atoms with van der Waals surface area (Å²) in [5, 5.41) is 11.9. The van der Waals surface area contributed by atoms with Crippen LogP contribution in [0, 0.1) is 5.82 Å². The molecule has 0 saturated carbocycles. The van der Waals surface area contributed by atoms with Crippen molar-refractivity contribution >= 4 is 21.8 Å². The van der Waals surface area contributed by atoms with Crippen LogP contribution in [0.4, 0.5) is 4.39 Å². The van der Waals surface area contributed by atoms with Crippen LogP contribution in [0.2, 0.25) is 0 Å². The monoisotopic (exact) mass is 289 g/mol. The Morgan fingerprint density at radius 3 is 2.69 bits per heavy atom. The maximum atomic E-state index is 13.4. The zero-order valence-electron chi connectivity index (χ0n) is 9.05. The molecule has 0 heterocycles. The predicted octanol–water partition coefficient (Wildman–Crippen LogP) is 2.09. The van der Waals surface area contributed by atoms with Crippen molar-refractivity contribution in [3.05, 3.63) is 34.1 Å². The minimum absolute atomic E-state index is 0.0348. The van der Waals surface area contributed by atoms with Gasteiger partial charge in [-0.3, -0.25) is 4.79 Å². The summed E-state index contributed by atoms with van der Waals surface area (Å²) in [6, 6.07) is 4.19. The van der Waals surface area contributed by atoms with Gasteiger partial charge >= 0.3 is 0 Å². The number of amides is 1. The molecule has 0 saturated heterocycles. The van der Waals surface area contributed by atoms with E-state index >= 15 is 0 Å². The Morgan fingerprint density at radius 1 is 1.56 bits per heavy atom. The second-order valence-corrected chi connectivity index (χ2v) is 5.03. The molecule has 0 atom stereocenters. The number of nitrogens with one attached hydrogen (secondary N) is 1. The van der Waals surface area contributed by atoms with Gasteiger partial charge in [0.2, 0.25) is 0 Å². The molecule has 0 fully saturated rings. The van der Waals surface area contributed by atoms with Crippen LogP contribution in [-0.4, -0.2) is 23.2 Å². The number of hydrogen-bond acceptors (Lipinski definition) is 2. The van der Waals surface area contributed by atoms with Gasteiger partial charge in [-0.2, -0.15) is 0 Å². The molecule has 0 unspecified atom stereocenters. The summed E-state index contributed by atoms with van der Waals surface area (Å²) in [6.07, 6.45) is 0. The van der Waals surface area contributed by atoms with Gasteiger partial charge in [-0.25, -0.2) is 4.39 Å². The number of aliphatic hydroxyl groups is 1. The third-order valence-electron chi connectivity index (χ3n) is 1.86. The Kier molecular flexibility index (Phi) is 4.04. The van der Waals surface area contributed by atoms with E-state index in [2.05, 4.69) is 21.2 Å². The van der Waals surface area contributed by atoms with E-state index in [1.54, 1.807) is 19.9 Å². The topological polar surface area (TPSA) is 49.3 Å². The Labute approximate surface area is 102 Å². The molecule has 1 aromatic rings. The summed E-state index contributed by atoms with van der Waals surface area (Å²) >= 11 is 3.10. The summed E-state index contributed by atoms with van der Waals surface area (Å²) in [6.45, 7) is 3.19. The Balaban J connectivity index is 2.74. The van der Waals surface area contributed by atoms with Crippen molar-refractivity contribution in [1.29, 1.82) is 0 Å². The van der Waals surface area contributed by atoms with E-state index in [4.69, 9.17) is 0 Å². The van der Waals surface area contributed by atoms with Gasteiger partial charge in [-0.1, -0.05) is 15.9 Å². The molecular weight excluding hydrogens is 277 g/mol. The first-order valence-electron chi connectivity index (χ1n) is 4.75. The maximum Gasteiger partial charge on any atom is 0.254 e. The van der Waals surface area contributed by atoms with E-state index in [0.717, 1.165) is 0 Å². The average molecular weight is 290 g/mol. The van der Waals surface area contributed by atoms with Crippen LogP contribution in [0.3, 0.4) is 0 Å². The van der Waals surface area contributed by atoms with Crippen molar-refractivity contribution in [2.75, 3.05) is 6.54 Å². The van der Waals surface area contributed by atoms with Crippen LogP contribution in [0.5, 0.6) is 0 Å². The third-order valence-corrected chi connectivity index (χ3v) is 2.35. The third kappa shape index (κ3) is 3.90. The number of rotatable bonds is 3. The normalized spacial score (nSPS) is 11.3. The summed E-state index contributed by atoms with van der Waals surface area (Å²) in [5.74, 6) is -1.13. The summed E-state index contributed by atoms with van der Waals surface area (Å²) in [4.78, 5) is 11.5. The number of carbonyl (C=O) groups excluding carboxylic acids is 1. The summed E-state index contributed by atoms with van der Waals surface area (Å²) in [5.41, 5.74) is -1.05. The minimum atomic E-state index is -1.01. The highest BCUT2D eigenvalue weighted by Gasteiger charge is 2.16. The smallest absolute Gasteiger partial charge is 0.254 e. The van der Waals surface area contributed by atoms with Gasteiger partial charge in [-0.05, 0) is 32.0 Å². The molecule has 0 spiro atoms. The van der Waals surface area contributed by atoms with Crippen molar-refractivity contribution in [1.82, 2.24) is 5.32 Å². The fourth-order valence-electron chi connectivity index (χ4n) is 1.07. The van der Waals surface area contributed by atoms with E-state index in [-0.39, 0.29) is 12.1 Å². The highest BCUT2D eigenvalue weighted by atomic mass is 79.9. The molecule has 88 valence electrons. The van der Waals surface area contributed by atoms with Crippen LogP contribution in [0.15, 0.2) is 22.7 Å². The average Bonchev–Trinajstić information content (AvgIpc) is 2.13. The fourth-order valence-corrected chi connectivity index (χ4v) is 1.40. The van der Waals surface area contributed by atoms with E-state index in [1.807, 2.05) is 0 Å². The van der Waals surface area contributed by atoms with Crippen molar-refractivity contribution in [2.45, 2.75) is 19.4 Å². The van der Waals surface area contributed by atoms with Crippen molar-refractivity contribution in [3.8, 4) is 0 Å². The first kappa shape index (κ1) is 13.1. The molecule has 1 aromatic carbocycles. The molecular formula is C11H13BrFNO2. The van der Waals surface area contributed by atoms with Gasteiger partial charge in [-0.15, -0.1) is 0 Å². The van der Waals surface area contributed by atoms with Gasteiger partial charge in [0.1, 0.15) is 5.82 Å². The second kappa shape index (κ2) is 4.93. The first-order valence-corrected chi connectivity index (χ1v) is 5.54. The van der Waals surface area contributed by atoms with Crippen molar-refractivity contribution in [2.24, 2.45) is 0 Å².